The highest BCUT2D eigenvalue weighted by molar-refractivity contribution is 5.85. The summed E-state index contributed by atoms with van der Waals surface area (Å²) in [4.78, 5) is 10.5. The molecule has 1 unspecified atom stereocenters. The van der Waals surface area contributed by atoms with E-state index in [1.807, 2.05) is 6.92 Å². The molecule has 3 N–H and O–H groups in total. The molecular formula is C7H16ClNO2. The van der Waals surface area contributed by atoms with E-state index in [0.717, 1.165) is 0 Å². The molecule has 0 rings (SSSR count). The number of nitrogens with two attached hydrogens (primary N) is 1. The number of rotatable bonds is 3. The maximum atomic E-state index is 10.5. The Hall–Kier alpha value is -0.280. The molecule has 0 aliphatic heterocycles. The molecule has 0 amide bonds. The van der Waals surface area contributed by atoms with Crippen LogP contribution in [-0.2, 0) is 4.79 Å². The third-order valence-electron chi connectivity index (χ3n) is 1.60. The van der Waals surface area contributed by atoms with E-state index in [9.17, 15) is 4.79 Å². The number of aliphatic carboxylic acids is 1. The van der Waals surface area contributed by atoms with Gasteiger partial charge in [-0.3, -0.25) is 4.79 Å². The Labute approximate surface area is 73.4 Å². The Morgan fingerprint density at radius 1 is 1.64 bits per heavy atom. The molecular weight excluding hydrogens is 166 g/mol. The van der Waals surface area contributed by atoms with E-state index in [2.05, 4.69) is 0 Å². The minimum Gasteiger partial charge on any atom is -0.481 e. The lowest BCUT2D eigenvalue weighted by atomic mass is 9.87. The highest BCUT2D eigenvalue weighted by atomic mass is 35.5. The van der Waals surface area contributed by atoms with Crippen LogP contribution < -0.4 is 5.73 Å². The van der Waals surface area contributed by atoms with Crippen LogP contribution in [0, 0.1) is 5.92 Å². The van der Waals surface area contributed by atoms with Gasteiger partial charge in [0, 0.05) is 5.54 Å². The first-order valence-electron chi connectivity index (χ1n) is 3.41. The molecule has 0 aromatic carbocycles. The second-order valence-corrected chi connectivity index (χ2v) is 3.12. The van der Waals surface area contributed by atoms with Crippen LogP contribution in [0.4, 0.5) is 0 Å². The third-order valence-corrected chi connectivity index (χ3v) is 1.60. The SMILES string of the molecule is CCC(C(=O)O)C(C)(C)N.Cl. The lowest BCUT2D eigenvalue weighted by molar-refractivity contribution is -0.143. The molecule has 0 aromatic rings. The fraction of sp³-hybridized carbons (Fsp3) is 0.857. The van der Waals surface area contributed by atoms with Crippen molar-refractivity contribution in [3.05, 3.63) is 0 Å². The predicted molar refractivity (Wildman–Crippen MR) is 46.9 cm³/mol. The average molecular weight is 182 g/mol. The van der Waals surface area contributed by atoms with Gasteiger partial charge in [-0.25, -0.2) is 0 Å². The van der Waals surface area contributed by atoms with Crippen molar-refractivity contribution in [3.8, 4) is 0 Å². The number of hydrogen-bond acceptors (Lipinski definition) is 2. The molecule has 0 aromatic heterocycles. The molecule has 0 aliphatic rings. The topological polar surface area (TPSA) is 63.3 Å². The van der Waals surface area contributed by atoms with Crippen molar-refractivity contribution >= 4 is 18.4 Å². The fourth-order valence-corrected chi connectivity index (χ4v) is 1.02. The van der Waals surface area contributed by atoms with Gasteiger partial charge in [-0.2, -0.15) is 0 Å². The first kappa shape index (κ1) is 13.3. The number of hydrogen-bond donors (Lipinski definition) is 2. The minimum atomic E-state index is -0.810. The van der Waals surface area contributed by atoms with Crippen LogP contribution in [0.3, 0.4) is 0 Å². The quantitative estimate of drug-likeness (QED) is 0.689. The van der Waals surface area contributed by atoms with Gasteiger partial charge in [0.05, 0.1) is 5.92 Å². The number of carbonyl (C=O) groups is 1. The summed E-state index contributed by atoms with van der Waals surface area (Å²) in [5, 5.41) is 8.63. The Bertz CT molecular complexity index is 131. The molecule has 11 heavy (non-hydrogen) atoms. The minimum absolute atomic E-state index is 0. The van der Waals surface area contributed by atoms with Gasteiger partial charge < -0.3 is 10.8 Å². The van der Waals surface area contributed by atoms with Gasteiger partial charge in [-0.1, -0.05) is 6.92 Å². The standard InChI is InChI=1S/C7H15NO2.ClH/c1-4-5(6(9)10)7(2,3)8;/h5H,4,8H2,1-3H3,(H,9,10);1H. The van der Waals surface area contributed by atoms with Gasteiger partial charge in [0.25, 0.3) is 0 Å². The van der Waals surface area contributed by atoms with E-state index in [1.165, 1.54) is 0 Å². The summed E-state index contributed by atoms with van der Waals surface area (Å²) in [5.74, 6) is -1.25. The van der Waals surface area contributed by atoms with Crippen LogP contribution in [0.25, 0.3) is 0 Å². The molecule has 0 saturated heterocycles. The van der Waals surface area contributed by atoms with Crippen LogP contribution in [0.5, 0.6) is 0 Å². The van der Waals surface area contributed by atoms with Crippen molar-refractivity contribution < 1.29 is 9.90 Å². The maximum Gasteiger partial charge on any atom is 0.308 e. The van der Waals surface area contributed by atoms with E-state index in [0.29, 0.717) is 6.42 Å². The molecule has 1 atom stereocenters. The first-order chi connectivity index (χ1) is 4.39. The molecule has 0 bridgehead atoms. The molecule has 0 radical (unpaired) electrons. The van der Waals surface area contributed by atoms with E-state index in [-0.39, 0.29) is 12.4 Å². The lowest BCUT2D eigenvalue weighted by Crippen LogP contribution is -2.44. The molecule has 3 nitrogen and oxygen atoms in total. The van der Waals surface area contributed by atoms with Crippen molar-refractivity contribution in [1.82, 2.24) is 0 Å². The molecule has 0 fully saturated rings. The van der Waals surface area contributed by atoms with E-state index in [4.69, 9.17) is 10.8 Å². The first-order valence-corrected chi connectivity index (χ1v) is 3.41. The molecule has 0 aliphatic carbocycles. The van der Waals surface area contributed by atoms with Gasteiger partial charge in [0.2, 0.25) is 0 Å². The van der Waals surface area contributed by atoms with Crippen LogP contribution in [0.2, 0.25) is 0 Å². The van der Waals surface area contributed by atoms with Crippen molar-refractivity contribution in [3.63, 3.8) is 0 Å². The normalized spacial score (nSPS) is 13.5. The summed E-state index contributed by atoms with van der Waals surface area (Å²) in [7, 11) is 0. The second-order valence-electron chi connectivity index (χ2n) is 3.12. The van der Waals surface area contributed by atoms with Crippen LogP contribution >= 0.6 is 12.4 Å². The molecule has 0 saturated carbocycles. The average Bonchev–Trinajstić information content (AvgIpc) is 1.60. The summed E-state index contributed by atoms with van der Waals surface area (Å²) < 4.78 is 0. The van der Waals surface area contributed by atoms with E-state index < -0.39 is 17.4 Å². The lowest BCUT2D eigenvalue weighted by Gasteiger charge is -2.25. The molecule has 68 valence electrons. The summed E-state index contributed by atoms with van der Waals surface area (Å²) in [5.41, 5.74) is 5.00. The van der Waals surface area contributed by atoms with Crippen LogP contribution in [-0.4, -0.2) is 16.6 Å². The fourth-order valence-electron chi connectivity index (χ4n) is 1.02. The zero-order valence-electron chi connectivity index (χ0n) is 7.13. The summed E-state index contributed by atoms with van der Waals surface area (Å²) in [6.07, 6.45) is 0.582. The smallest absolute Gasteiger partial charge is 0.308 e. The van der Waals surface area contributed by atoms with Crippen LogP contribution in [0.1, 0.15) is 27.2 Å². The summed E-state index contributed by atoms with van der Waals surface area (Å²) in [6, 6.07) is 0. The second kappa shape index (κ2) is 4.57. The van der Waals surface area contributed by atoms with E-state index in [1.54, 1.807) is 13.8 Å². The Kier molecular flexibility index (Phi) is 5.53. The highest BCUT2D eigenvalue weighted by Crippen LogP contribution is 2.16. The number of halogens is 1. The van der Waals surface area contributed by atoms with Crippen molar-refractivity contribution in [2.24, 2.45) is 11.7 Å². The van der Waals surface area contributed by atoms with Crippen molar-refractivity contribution in [2.75, 3.05) is 0 Å². The zero-order chi connectivity index (χ0) is 8.36. The monoisotopic (exact) mass is 181 g/mol. The van der Waals surface area contributed by atoms with Gasteiger partial charge in [0.15, 0.2) is 0 Å². The largest absolute Gasteiger partial charge is 0.481 e. The Morgan fingerprint density at radius 2 is 2.00 bits per heavy atom. The van der Waals surface area contributed by atoms with Crippen molar-refractivity contribution in [2.45, 2.75) is 32.7 Å². The Balaban J connectivity index is 0. The molecule has 0 heterocycles. The summed E-state index contributed by atoms with van der Waals surface area (Å²) >= 11 is 0. The molecule has 0 spiro atoms. The number of carboxylic acids is 1. The van der Waals surface area contributed by atoms with Gasteiger partial charge >= 0.3 is 5.97 Å². The van der Waals surface area contributed by atoms with Gasteiger partial charge in [-0.15, -0.1) is 12.4 Å². The third kappa shape index (κ3) is 4.22. The Morgan fingerprint density at radius 3 is 2.00 bits per heavy atom. The van der Waals surface area contributed by atoms with Gasteiger partial charge in [-0.05, 0) is 20.3 Å². The highest BCUT2D eigenvalue weighted by Gasteiger charge is 2.29. The number of carboxylic acid groups (broad SMARTS) is 1. The predicted octanol–water partition coefficient (Wildman–Crippen LogP) is 1.26. The van der Waals surface area contributed by atoms with Gasteiger partial charge in [0.1, 0.15) is 0 Å². The van der Waals surface area contributed by atoms with E-state index >= 15 is 0 Å². The summed E-state index contributed by atoms with van der Waals surface area (Å²) in [6.45, 7) is 5.29. The molecule has 4 heteroatoms. The zero-order valence-corrected chi connectivity index (χ0v) is 7.94. The van der Waals surface area contributed by atoms with Crippen LogP contribution in [0.15, 0.2) is 0 Å². The van der Waals surface area contributed by atoms with Crippen molar-refractivity contribution in [1.29, 1.82) is 0 Å². The maximum absolute atomic E-state index is 10.5.